The molecule has 1 aliphatic heterocycles. The van der Waals surface area contributed by atoms with Gasteiger partial charge < -0.3 is 24.6 Å². The van der Waals surface area contributed by atoms with E-state index in [2.05, 4.69) is 44.3 Å². The summed E-state index contributed by atoms with van der Waals surface area (Å²) < 4.78 is 12.8. The summed E-state index contributed by atoms with van der Waals surface area (Å²) in [7, 11) is 0. The minimum absolute atomic E-state index is 0.0141. The van der Waals surface area contributed by atoms with Crippen LogP contribution >= 0.6 is 15.9 Å². The lowest BCUT2D eigenvalue weighted by molar-refractivity contribution is -0.170. The number of ether oxygens (including phenoxy) is 2. The first-order chi connectivity index (χ1) is 18.3. The Kier molecular flexibility index (Phi) is 8.84. The zero-order chi connectivity index (χ0) is 28.4. The van der Waals surface area contributed by atoms with Gasteiger partial charge in [0.25, 0.3) is 0 Å². The van der Waals surface area contributed by atoms with Crippen LogP contribution in [0.25, 0.3) is 0 Å². The fraction of sp³-hybridized carbons (Fsp3) is 0.548. The van der Waals surface area contributed by atoms with Crippen molar-refractivity contribution in [3.8, 4) is 5.75 Å². The van der Waals surface area contributed by atoms with E-state index in [0.717, 1.165) is 60.1 Å². The largest absolute Gasteiger partial charge is 0.476 e. The molecule has 2 aromatic carbocycles. The Labute approximate surface area is 241 Å². The Bertz CT molecular complexity index is 1170. The highest BCUT2D eigenvalue weighted by Crippen LogP contribution is 2.34. The molecule has 1 atom stereocenters. The number of hydrogen-bond acceptors (Lipinski definition) is 5. The molecule has 0 unspecified atom stereocenters. The zero-order valence-corrected chi connectivity index (χ0v) is 25.6. The topological polar surface area (TPSA) is 71.1 Å². The molecule has 0 bridgehead atoms. The maximum absolute atomic E-state index is 13.4. The molecule has 4 rings (SSSR count). The summed E-state index contributed by atoms with van der Waals surface area (Å²) in [6.45, 7) is 13.3. The molecule has 0 radical (unpaired) electrons. The number of urea groups is 1. The number of piperidine rings is 1. The number of halogens is 1. The summed E-state index contributed by atoms with van der Waals surface area (Å²) in [5, 5.41) is 3.32. The van der Waals surface area contributed by atoms with Crippen LogP contribution in [-0.2, 0) is 16.1 Å². The van der Waals surface area contributed by atoms with Crippen LogP contribution in [0, 0.1) is 6.92 Å². The van der Waals surface area contributed by atoms with Crippen molar-refractivity contribution < 1.29 is 19.1 Å². The number of esters is 1. The molecule has 1 aliphatic carbocycles. The van der Waals surface area contributed by atoms with Crippen LogP contribution in [0.5, 0.6) is 5.75 Å². The van der Waals surface area contributed by atoms with Gasteiger partial charge in [0.1, 0.15) is 11.4 Å². The number of hydrogen-bond donors (Lipinski definition) is 1. The SMILES string of the molecule is Cc1c(OC(C)(C)C(=O)OC(C)(C)C)cccc1N1CCC[C@@H](NC(=O)N(Cc2ccc(Br)cc2)C2CC2)C1. The van der Waals surface area contributed by atoms with Crippen molar-refractivity contribution in [2.45, 2.75) is 97.1 Å². The molecule has 0 aromatic heterocycles. The van der Waals surface area contributed by atoms with Crippen LogP contribution in [0.4, 0.5) is 10.5 Å². The lowest BCUT2D eigenvalue weighted by atomic mass is 10.0. The van der Waals surface area contributed by atoms with Crippen molar-refractivity contribution >= 4 is 33.6 Å². The van der Waals surface area contributed by atoms with Gasteiger partial charge in [-0.2, -0.15) is 0 Å². The molecule has 1 heterocycles. The Morgan fingerprint density at radius 1 is 1.05 bits per heavy atom. The molecule has 8 heteroatoms. The summed E-state index contributed by atoms with van der Waals surface area (Å²) in [6, 6.07) is 14.5. The van der Waals surface area contributed by atoms with E-state index in [1.807, 2.05) is 56.9 Å². The molecule has 0 spiro atoms. The highest BCUT2D eigenvalue weighted by Gasteiger charge is 2.36. The first-order valence-electron chi connectivity index (χ1n) is 13.9. The molecule has 7 nitrogen and oxygen atoms in total. The number of carbonyl (C=O) groups is 2. The summed E-state index contributed by atoms with van der Waals surface area (Å²) in [6.07, 6.45) is 4.05. The molecular formula is C31H42BrN3O4. The van der Waals surface area contributed by atoms with Gasteiger partial charge in [-0.25, -0.2) is 9.59 Å². The van der Waals surface area contributed by atoms with Crippen molar-refractivity contribution in [1.29, 1.82) is 0 Å². The van der Waals surface area contributed by atoms with Crippen LogP contribution in [-0.4, -0.2) is 53.3 Å². The average molecular weight is 601 g/mol. The summed E-state index contributed by atoms with van der Waals surface area (Å²) in [5.74, 6) is 0.257. The van der Waals surface area contributed by atoms with Crippen LogP contribution in [0.2, 0.25) is 0 Å². The smallest absolute Gasteiger partial charge is 0.350 e. The first kappa shape index (κ1) is 29.2. The Balaban J connectivity index is 1.41. The Morgan fingerprint density at radius 2 is 1.74 bits per heavy atom. The standard InChI is InChI=1S/C31H42BrN3O4/c1-21-26(10-7-11-27(21)38-31(5,6)28(36)39-30(2,3)4)34-18-8-9-24(20-34)33-29(37)35(25-16-17-25)19-22-12-14-23(32)15-13-22/h7,10-15,24-25H,8-9,16-20H2,1-6H3,(H,33,37)/t24-/m1/s1. The van der Waals surface area contributed by atoms with E-state index in [0.29, 0.717) is 18.3 Å². The lowest BCUT2D eigenvalue weighted by Crippen LogP contribution is -2.52. The van der Waals surface area contributed by atoms with E-state index >= 15 is 0 Å². The molecule has 212 valence electrons. The van der Waals surface area contributed by atoms with Gasteiger partial charge in [0.2, 0.25) is 0 Å². The number of anilines is 1. The predicted molar refractivity (Wildman–Crippen MR) is 158 cm³/mol. The molecule has 2 aliphatic rings. The monoisotopic (exact) mass is 599 g/mol. The number of amides is 2. The molecular weight excluding hydrogens is 558 g/mol. The predicted octanol–water partition coefficient (Wildman–Crippen LogP) is 6.60. The van der Waals surface area contributed by atoms with Crippen LogP contribution in [0.1, 0.15) is 71.4 Å². The van der Waals surface area contributed by atoms with Crippen LogP contribution in [0.15, 0.2) is 46.9 Å². The Morgan fingerprint density at radius 3 is 2.38 bits per heavy atom. The van der Waals surface area contributed by atoms with Crippen LogP contribution < -0.4 is 15.0 Å². The fourth-order valence-electron chi connectivity index (χ4n) is 4.88. The van der Waals surface area contributed by atoms with Gasteiger partial charge in [-0.3, -0.25) is 0 Å². The quantitative estimate of drug-likeness (QED) is 0.346. The molecule has 1 saturated carbocycles. The van der Waals surface area contributed by atoms with E-state index in [-0.39, 0.29) is 12.1 Å². The third kappa shape index (κ3) is 7.90. The van der Waals surface area contributed by atoms with E-state index in [4.69, 9.17) is 9.47 Å². The van der Waals surface area contributed by atoms with Gasteiger partial charge in [-0.15, -0.1) is 0 Å². The molecule has 2 fully saturated rings. The maximum Gasteiger partial charge on any atom is 0.350 e. The molecule has 1 saturated heterocycles. The third-order valence-corrected chi connectivity index (χ3v) is 7.64. The summed E-state index contributed by atoms with van der Waals surface area (Å²) in [5.41, 5.74) is 1.44. The van der Waals surface area contributed by atoms with Crippen LogP contribution in [0.3, 0.4) is 0 Å². The van der Waals surface area contributed by atoms with Crippen molar-refractivity contribution in [2.24, 2.45) is 0 Å². The minimum atomic E-state index is -1.13. The second kappa shape index (κ2) is 11.8. The number of rotatable bonds is 8. The molecule has 2 amide bonds. The van der Waals surface area contributed by atoms with Gasteiger partial charge >= 0.3 is 12.0 Å². The summed E-state index contributed by atoms with van der Waals surface area (Å²) >= 11 is 3.49. The van der Waals surface area contributed by atoms with Gasteiger partial charge in [0.05, 0.1) is 0 Å². The number of nitrogens with zero attached hydrogens (tertiary/aromatic N) is 2. The molecule has 1 N–H and O–H groups in total. The fourth-order valence-corrected chi connectivity index (χ4v) is 5.15. The number of nitrogens with one attached hydrogen (secondary N) is 1. The number of benzene rings is 2. The first-order valence-corrected chi connectivity index (χ1v) is 14.7. The third-order valence-electron chi connectivity index (χ3n) is 7.12. The normalized spacial score (nSPS) is 17.9. The van der Waals surface area contributed by atoms with Crippen molar-refractivity contribution in [2.75, 3.05) is 18.0 Å². The van der Waals surface area contributed by atoms with E-state index in [1.54, 1.807) is 13.8 Å². The summed E-state index contributed by atoms with van der Waals surface area (Å²) in [4.78, 5) is 30.4. The van der Waals surface area contributed by atoms with Gasteiger partial charge in [0.15, 0.2) is 5.60 Å². The van der Waals surface area contributed by atoms with E-state index < -0.39 is 17.2 Å². The Hall–Kier alpha value is -2.74. The minimum Gasteiger partial charge on any atom is -0.476 e. The highest BCUT2D eigenvalue weighted by atomic mass is 79.9. The molecule has 39 heavy (non-hydrogen) atoms. The van der Waals surface area contributed by atoms with Gasteiger partial charge in [-0.1, -0.05) is 34.1 Å². The van der Waals surface area contributed by atoms with Gasteiger partial charge in [0, 0.05) is 47.4 Å². The second-order valence-electron chi connectivity index (χ2n) is 12.2. The second-order valence-corrected chi connectivity index (χ2v) is 13.2. The zero-order valence-electron chi connectivity index (χ0n) is 24.1. The molecule has 2 aromatic rings. The average Bonchev–Trinajstić information content (AvgIpc) is 3.69. The maximum atomic E-state index is 13.4. The van der Waals surface area contributed by atoms with Crippen molar-refractivity contribution in [3.05, 3.63) is 58.1 Å². The van der Waals surface area contributed by atoms with Crippen molar-refractivity contribution in [1.82, 2.24) is 10.2 Å². The highest BCUT2D eigenvalue weighted by molar-refractivity contribution is 9.10. The van der Waals surface area contributed by atoms with E-state index in [1.165, 1.54) is 0 Å². The lowest BCUT2D eigenvalue weighted by Gasteiger charge is -2.37. The van der Waals surface area contributed by atoms with Gasteiger partial charge in [-0.05, 0) is 97.1 Å². The number of carbonyl (C=O) groups excluding carboxylic acids is 2. The van der Waals surface area contributed by atoms with E-state index in [9.17, 15) is 9.59 Å². The van der Waals surface area contributed by atoms with Crippen molar-refractivity contribution in [3.63, 3.8) is 0 Å².